The second-order valence-electron chi connectivity index (χ2n) is 6.65. The molecule has 1 saturated heterocycles. The van der Waals surface area contributed by atoms with E-state index in [9.17, 15) is 4.79 Å². The third-order valence-electron chi connectivity index (χ3n) is 4.74. The van der Waals surface area contributed by atoms with Crippen LogP contribution in [0.4, 0.5) is 4.79 Å². The Morgan fingerprint density at radius 1 is 1.33 bits per heavy atom. The summed E-state index contributed by atoms with van der Waals surface area (Å²) in [6.45, 7) is 7.06. The lowest BCUT2D eigenvalue weighted by Gasteiger charge is -2.43. The number of nitrogens with zero attached hydrogens (tertiary/aromatic N) is 2. The molecule has 1 fully saturated rings. The van der Waals surface area contributed by atoms with Crippen molar-refractivity contribution in [2.45, 2.75) is 32.2 Å². The van der Waals surface area contributed by atoms with Crippen molar-refractivity contribution in [2.75, 3.05) is 33.3 Å². The largest absolute Gasteiger partial charge is 0.496 e. The zero-order chi connectivity index (χ0) is 17.9. The second-order valence-corrected chi connectivity index (χ2v) is 7.91. The van der Waals surface area contributed by atoms with Crippen LogP contribution in [-0.4, -0.2) is 59.8 Å². The van der Waals surface area contributed by atoms with Crippen LogP contribution >= 0.6 is 27.5 Å². The first-order chi connectivity index (χ1) is 11.2. The minimum absolute atomic E-state index is 0.0187. The van der Waals surface area contributed by atoms with Gasteiger partial charge in [0, 0.05) is 36.2 Å². The van der Waals surface area contributed by atoms with Gasteiger partial charge in [-0.1, -0.05) is 11.6 Å². The van der Waals surface area contributed by atoms with Crippen LogP contribution in [0, 0.1) is 0 Å². The third-order valence-corrected chi connectivity index (χ3v) is 5.93. The van der Waals surface area contributed by atoms with Gasteiger partial charge in [0.15, 0.2) is 0 Å². The average molecular weight is 420 g/mol. The van der Waals surface area contributed by atoms with E-state index in [1.807, 2.05) is 12.1 Å². The van der Waals surface area contributed by atoms with E-state index in [4.69, 9.17) is 21.4 Å². The van der Waals surface area contributed by atoms with Gasteiger partial charge in [-0.15, -0.1) is 0 Å². The van der Waals surface area contributed by atoms with E-state index in [2.05, 4.69) is 34.7 Å². The number of methoxy groups -OCH3 is 1. The van der Waals surface area contributed by atoms with Crippen LogP contribution in [0.15, 0.2) is 16.6 Å². The summed E-state index contributed by atoms with van der Waals surface area (Å²) in [6.07, 6.45) is 0.957. The molecule has 0 spiro atoms. The lowest BCUT2D eigenvalue weighted by Crippen LogP contribution is -2.55. The Hall–Kier alpha value is -0.980. The molecule has 0 aromatic heterocycles. The topological polar surface area (TPSA) is 53.0 Å². The monoisotopic (exact) mass is 418 g/mol. The van der Waals surface area contributed by atoms with Crippen LogP contribution in [0.25, 0.3) is 0 Å². The van der Waals surface area contributed by atoms with Crippen molar-refractivity contribution in [3.63, 3.8) is 0 Å². The smallest absolute Gasteiger partial charge is 0.407 e. The molecular weight excluding hydrogens is 396 g/mol. The highest BCUT2D eigenvalue weighted by Crippen LogP contribution is 2.33. The number of ether oxygens (including phenoxy) is 1. The summed E-state index contributed by atoms with van der Waals surface area (Å²) in [5, 5.41) is 9.74. The summed E-state index contributed by atoms with van der Waals surface area (Å²) in [7, 11) is 1.66. The maximum Gasteiger partial charge on any atom is 0.407 e. The molecule has 0 aliphatic carbocycles. The normalized spacial score (nSPS) is 16.3. The van der Waals surface area contributed by atoms with Gasteiger partial charge in [-0.2, -0.15) is 0 Å². The predicted octanol–water partition coefficient (Wildman–Crippen LogP) is 4.12. The fourth-order valence-corrected chi connectivity index (χ4v) is 3.57. The molecule has 0 saturated carbocycles. The lowest BCUT2D eigenvalue weighted by atomic mass is 9.92. The fraction of sp³-hybridized carbons (Fsp3) is 0.588. The SMILES string of the molecule is COc1cc(Br)c(Cl)cc1CCC(C)(C)N1CCN(C(=O)O)CC1. The number of benzene rings is 1. The molecule has 1 aromatic rings. The van der Waals surface area contributed by atoms with Crippen molar-refractivity contribution in [1.82, 2.24) is 9.80 Å². The van der Waals surface area contributed by atoms with Crippen LogP contribution in [-0.2, 0) is 6.42 Å². The second kappa shape index (κ2) is 7.93. The molecule has 24 heavy (non-hydrogen) atoms. The standard InChI is InChI=1S/C17H24BrClN2O3/c1-17(2,21-8-6-20(7-9-21)16(22)23)5-4-12-10-14(19)13(18)11-15(12)24-3/h10-11H,4-9H2,1-3H3,(H,22,23). The van der Waals surface area contributed by atoms with Crippen molar-refractivity contribution in [1.29, 1.82) is 0 Å². The van der Waals surface area contributed by atoms with E-state index in [1.54, 1.807) is 7.11 Å². The predicted molar refractivity (Wildman–Crippen MR) is 99.3 cm³/mol. The molecule has 134 valence electrons. The van der Waals surface area contributed by atoms with Crippen LogP contribution in [0.3, 0.4) is 0 Å². The molecule has 0 radical (unpaired) electrons. The first-order valence-corrected chi connectivity index (χ1v) is 9.16. The Bertz CT molecular complexity index is 602. The van der Waals surface area contributed by atoms with Gasteiger partial charge in [-0.05, 0) is 60.3 Å². The number of piperazine rings is 1. The van der Waals surface area contributed by atoms with Crippen LogP contribution < -0.4 is 4.74 Å². The van der Waals surface area contributed by atoms with Gasteiger partial charge in [0.05, 0.1) is 12.1 Å². The van der Waals surface area contributed by atoms with Gasteiger partial charge in [0.2, 0.25) is 0 Å². The van der Waals surface area contributed by atoms with Crippen molar-refractivity contribution in [2.24, 2.45) is 0 Å². The summed E-state index contributed by atoms with van der Waals surface area (Å²) in [5.74, 6) is 0.831. The fourth-order valence-electron chi connectivity index (χ4n) is 3.06. The van der Waals surface area contributed by atoms with E-state index in [0.29, 0.717) is 18.1 Å². The first-order valence-electron chi connectivity index (χ1n) is 7.99. The zero-order valence-electron chi connectivity index (χ0n) is 14.3. The van der Waals surface area contributed by atoms with E-state index in [1.165, 1.54) is 4.90 Å². The number of carboxylic acid groups (broad SMARTS) is 1. The number of hydrogen-bond acceptors (Lipinski definition) is 3. The summed E-state index contributed by atoms with van der Waals surface area (Å²) in [6, 6.07) is 3.85. The molecule has 0 unspecified atom stereocenters. The minimum atomic E-state index is -0.832. The maximum absolute atomic E-state index is 11.0. The summed E-state index contributed by atoms with van der Waals surface area (Å²) in [5.41, 5.74) is 1.07. The van der Waals surface area contributed by atoms with Crippen molar-refractivity contribution in [3.05, 3.63) is 27.2 Å². The summed E-state index contributed by atoms with van der Waals surface area (Å²) in [4.78, 5) is 14.9. The van der Waals surface area contributed by atoms with Gasteiger partial charge >= 0.3 is 6.09 Å². The third kappa shape index (κ3) is 4.55. The van der Waals surface area contributed by atoms with E-state index in [-0.39, 0.29) is 5.54 Å². The molecule has 7 heteroatoms. The molecule has 1 aliphatic heterocycles. The number of rotatable bonds is 5. The Labute approximate surface area is 156 Å². The molecule has 5 nitrogen and oxygen atoms in total. The van der Waals surface area contributed by atoms with Crippen LogP contribution in [0.1, 0.15) is 25.8 Å². The number of halogens is 2. The van der Waals surface area contributed by atoms with Crippen LogP contribution in [0.5, 0.6) is 5.75 Å². The molecular formula is C17H24BrClN2O3. The summed E-state index contributed by atoms with van der Waals surface area (Å²) < 4.78 is 6.29. The molecule has 2 rings (SSSR count). The Morgan fingerprint density at radius 3 is 2.50 bits per heavy atom. The quantitative estimate of drug-likeness (QED) is 0.780. The highest BCUT2D eigenvalue weighted by Gasteiger charge is 2.31. The lowest BCUT2D eigenvalue weighted by molar-refractivity contribution is 0.0472. The molecule has 1 amide bonds. The molecule has 0 bridgehead atoms. The zero-order valence-corrected chi connectivity index (χ0v) is 16.7. The van der Waals surface area contributed by atoms with E-state index in [0.717, 1.165) is 41.7 Å². The van der Waals surface area contributed by atoms with Gasteiger partial charge in [0.25, 0.3) is 0 Å². The molecule has 1 N–H and O–H groups in total. The first kappa shape index (κ1) is 19.3. The summed E-state index contributed by atoms with van der Waals surface area (Å²) >= 11 is 9.63. The maximum atomic E-state index is 11.0. The molecule has 0 atom stereocenters. The number of hydrogen-bond donors (Lipinski definition) is 1. The van der Waals surface area contributed by atoms with Gasteiger partial charge in [-0.25, -0.2) is 4.79 Å². The van der Waals surface area contributed by atoms with Crippen molar-refractivity contribution < 1.29 is 14.6 Å². The Morgan fingerprint density at radius 2 is 1.96 bits per heavy atom. The van der Waals surface area contributed by atoms with Crippen molar-refractivity contribution >= 4 is 33.6 Å². The minimum Gasteiger partial charge on any atom is -0.496 e. The Balaban J connectivity index is 2.00. The van der Waals surface area contributed by atoms with E-state index >= 15 is 0 Å². The van der Waals surface area contributed by atoms with Crippen LogP contribution in [0.2, 0.25) is 5.02 Å². The van der Waals surface area contributed by atoms with Gasteiger partial charge < -0.3 is 14.7 Å². The number of aryl methyl sites for hydroxylation is 1. The highest BCUT2D eigenvalue weighted by atomic mass is 79.9. The van der Waals surface area contributed by atoms with E-state index < -0.39 is 6.09 Å². The highest BCUT2D eigenvalue weighted by molar-refractivity contribution is 9.10. The molecule has 1 aliphatic rings. The van der Waals surface area contributed by atoms with Crippen molar-refractivity contribution in [3.8, 4) is 5.75 Å². The Kier molecular flexibility index (Phi) is 6.39. The van der Waals surface area contributed by atoms with Gasteiger partial charge in [0.1, 0.15) is 5.75 Å². The van der Waals surface area contributed by atoms with Gasteiger partial charge in [-0.3, -0.25) is 4.90 Å². The number of carbonyl (C=O) groups is 1. The molecule has 1 aromatic carbocycles. The number of amides is 1. The average Bonchev–Trinajstić information content (AvgIpc) is 2.55. The molecule has 1 heterocycles.